The standard InChI is InChI=1S/C18H20N4OS/c1-2-14-17(24-21-20-14)18(23)22-9-7-12(8-10-22)16-11-13-5-3-4-6-15(13)19-16/h3-6,11-12,19H,2,7-10H2,1H3. The summed E-state index contributed by atoms with van der Waals surface area (Å²) < 4.78 is 3.93. The number of amides is 1. The van der Waals surface area contributed by atoms with Crippen LogP contribution in [-0.2, 0) is 6.42 Å². The van der Waals surface area contributed by atoms with E-state index in [1.165, 1.54) is 28.1 Å². The number of carbonyl (C=O) groups excluding carboxylic acids is 1. The van der Waals surface area contributed by atoms with Crippen molar-refractivity contribution in [1.29, 1.82) is 0 Å². The van der Waals surface area contributed by atoms with Gasteiger partial charge in [0.15, 0.2) is 0 Å². The Balaban J connectivity index is 1.45. The van der Waals surface area contributed by atoms with E-state index in [0.717, 1.165) is 38.0 Å². The molecule has 0 saturated carbocycles. The third-order valence-corrected chi connectivity index (χ3v) is 5.61. The minimum Gasteiger partial charge on any atom is -0.358 e. The predicted octanol–water partition coefficient (Wildman–Crippen LogP) is 3.60. The van der Waals surface area contributed by atoms with Gasteiger partial charge in [-0.3, -0.25) is 4.79 Å². The lowest BCUT2D eigenvalue weighted by Gasteiger charge is -2.31. The lowest BCUT2D eigenvalue weighted by Crippen LogP contribution is -2.38. The van der Waals surface area contributed by atoms with Crippen LogP contribution in [0.1, 0.15) is 46.7 Å². The molecule has 1 aromatic carbocycles. The molecule has 5 nitrogen and oxygen atoms in total. The van der Waals surface area contributed by atoms with Crippen molar-refractivity contribution in [2.45, 2.75) is 32.1 Å². The van der Waals surface area contributed by atoms with Crippen molar-refractivity contribution in [3.63, 3.8) is 0 Å². The zero-order valence-electron chi connectivity index (χ0n) is 13.7. The van der Waals surface area contributed by atoms with Crippen LogP contribution in [0.25, 0.3) is 10.9 Å². The van der Waals surface area contributed by atoms with Crippen molar-refractivity contribution in [3.8, 4) is 0 Å². The molecule has 124 valence electrons. The van der Waals surface area contributed by atoms with Crippen molar-refractivity contribution >= 4 is 28.3 Å². The van der Waals surface area contributed by atoms with Gasteiger partial charge in [0, 0.05) is 30.2 Å². The molecule has 0 aliphatic carbocycles. The number of nitrogens with one attached hydrogen (secondary N) is 1. The number of rotatable bonds is 3. The Kier molecular flexibility index (Phi) is 4.06. The first-order chi connectivity index (χ1) is 11.8. The Morgan fingerprint density at radius 3 is 2.88 bits per heavy atom. The minimum absolute atomic E-state index is 0.0944. The molecule has 1 N–H and O–H groups in total. The average Bonchev–Trinajstić information content (AvgIpc) is 3.27. The number of para-hydroxylation sites is 1. The van der Waals surface area contributed by atoms with Gasteiger partial charge in [0.1, 0.15) is 4.88 Å². The van der Waals surface area contributed by atoms with Gasteiger partial charge in [0.2, 0.25) is 0 Å². The van der Waals surface area contributed by atoms with Crippen molar-refractivity contribution in [3.05, 3.63) is 46.6 Å². The van der Waals surface area contributed by atoms with Gasteiger partial charge in [0.25, 0.3) is 5.91 Å². The highest BCUT2D eigenvalue weighted by Crippen LogP contribution is 2.30. The van der Waals surface area contributed by atoms with E-state index in [9.17, 15) is 4.79 Å². The van der Waals surface area contributed by atoms with Gasteiger partial charge in [0.05, 0.1) is 5.69 Å². The summed E-state index contributed by atoms with van der Waals surface area (Å²) in [7, 11) is 0. The Labute approximate surface area is 144 Å². The number of H-pyrrole nitrogens is 1. The van der Waals surface area contributed by atoms with Crippen molar-refractivity contribution in [1.82, 2.24) is 19.5 Å². The molecule has 1 aliphatic rings. The van der Waals surface area contributed by atoms with E-state index >= 15 is 0 Å². The fourth-order valence-corrected chi connectivity index (χ4v) is 4.17. The second-order valence-electron chi connectivity index (χ2n) is 6.28. The van der Waals surface area contributed by atoms with Crippen LogP contribution >= 0.6 is 11.5 Å². The molecule has 1 amide bonds. The minimum atomic E-state index is 0.0944. The first kappa shape index (κ1) is 15.3. The molecule has 0 radical (unpaired) electrons. The first-order valence-corrected chi connectivity index (χ1v) is 9.21. The monoisotopic (exact) mass is 340 g/mol. The van der Waals surface area contributed by atoms with Gasteiger partial charge in [-0.1, -0.05) is 29.6 Å². The van der Waals surface area contributed by atoms with Crippen LogP contribution < -0.4 is 0 Å². The van der Waals surface area contributed by atoms with Crippen molar-refractivity contribution < 1.29 is 4.79 Å². The van der Waals surface area contributed by atoms with E-state index in [4.69, 9.17) is 0 Å². The third-order valence-electron chi connectivity index (χ3n) is 4.86. The molecule has 6 heteroatoms. The number of aryl methyl sites for hydroxylation is 1. The molecule has 1 fully saturated rings. The van der Waals surface area contributed by atoms with Gasteiger partial charge in [-0.15, -0.1) is 5.10 Å². The van der Waals surface area contributed by atoms with Crippen molar-refractivity contribution in [2.75, 3.05) is 13.1 Å². The largest absolute Gasteiger partial charge is 0.358 e. The molecule has 4 rings (SSSR count). The normalized spacial score (nSPS) is 16.0. The van der Waals surface area contributed by atoms with Crippen LogP contribution in [0.5, 0.6) is 0 Å². The number of aromatic amines is 1. The smallest absolute Gasteiger partial charge is 0.267 e. The van der Waals surface area contributed by atoms with E-state index < -0.39 is 0 Å². The predicted molar refractivity (Wildman–Crippen MR) is 95.5 cm³/mol. The molecule has 1 saturated heterocycles. The quantitative estimate of drug-likeness (QED) is 0.792. The Morgan fingerprint density at radius 2 is 2.12 bits per heavy atom. The molecule has 2 aromatic heterocycles. The number of piperidine rings is 1. The van der Waals surface area contributed by atoms with E-state index in [-0.39, 0.29) is 5.91 Å². The SMILES string of the molecule is CCc1nnsc1C(=O)N1CCC(c2cc3ccccc3[nH]2)CC1. The summed E-state index contributed by atoms with van der Waals surface area (Å²) in [5, 5.41) is 5.31. The molecular formula is C18H20N4OS. The summed E-state index contributed by atoms with van der Waals surface area (Å²) in [5.74, 6) is 0.587. The molecule has 0 bridgehead atoms. The summed E-state index contributed by atoms with van der Waals surface area (Å²) in [6.07, 6.45) is 2.74. The Bertz CT molecular complexity index is 828. The summed E-state index contributed by atoms with van der Waals surface area (Å²) >= 11 is 1.22. The van der Waals surface area contributed by atoms with Crippen LogP contribution in [0.3, 0.4) is 0 Å². The summed E-state index contributed by atoms with van der Waals surface area (Å²) in [4.78, 5) is 18.9. The Morgan fingerprint density at radius 1 is 1.33 bits per heavy atom. The number of carbonyl (C=O) groups is 1. The van der Waals surface area contributed by atoms with E-state index in [2.05, 4.69) is 44.9 Å². The zero-order chi connectivity index (χ0) is 16.5. The molecule has 3 aromatic rings. The lowest BCUT2D eigenvalue weighted by molar-refractivity contribution is 0.0716. The lowest BCUT2D eigenvalue weighted by atomic mass is 9.93. The topological polar surface area (TPSA) is 61.9 Å². The maximum absolute atomic E-state index is 12.7. The van der Waals surface area contributed by atoms with Gasteiger partial charge >= 0.3 is 0 Å². The third kappa shape index (κ3) is 2.71. The molecule has 1 aliphatic heterocycles. The maximum atomic E-state index is 12.7. The highest BCUT2D eigenvalue weighted by Gasteiger charge is 2.27. The summed E-state index contributed by atoms with van der Waals surface area (Å²) in [6.45, 7) is 3.59. The summed E-state index contributed by atoms with van der Waals surface area (Å²) in [6, 6.07) is 10.6. The number of nitrogens with zero attached hydrogens (tertiary/aromatic N) is 3. The fourth-order valence-electron chi connectivity index (χ4n) is 3.46. The molecule has 24 heavy (non-hydrogen) atoms. The molecular weight excluding hydrogens is 320 g/mol. The highest BCUT2D eigenvalue weighted by molar-refractivity contribution is 7.08. The molecule has 3 heterocycles. The maximum Gasteiger partial charge on any atom is 0.267 e. The zero-order valence-corrected chi connectivity index (χ0v) is 14.5. The second kappa shape index (κ2) is 6.36. The second-order valence-corrected chi connectivity index (χ2v) is 7.03. The number of hydrogen-bond donors (Lipinski definition) is 1. The van der Waals surface area contributed by atoms with Crippen LogP contribution in [0, 0.1) is 0 Å². The van der Waals surface area contributed by atoms with Crippen LogP contribution in [-0.4, -0.2) is 38.5 Å². The fraction of sp³-hybridized carbons (Fsp3) is 0.389. The average molecular weight is 340 g/mol. The molecule has 0 unspecified atom stereocenters. The summed E-state index contributed by atoms with van der Waals surface area (Å²) in [5.41, 5.74) is 3.30. The van der Waals surface area contributed by atoms with E-state index in [1.807, 2.05) is 11.8 Å². The van der Waals surface area contributed by atoms with E-state index in [1.54, 1.807) is 0 Å². The number of aromatic nitrogens is 3. The first-order valence-electron chi connectivity index (χ1n) is 8.44. The number of fused-ring (bicyclic) bond motifs is 1. The van der Waals surface area contributed by atoms with Crippen LogP contribution in [0.2, 0.25) is 0 Å². The number of hydrogen-bond acceptors (Lipinski definition) is 4. The molecule has 0 atom stereocenters. The Hall–Kier alpha value is -2.21. The number of likely N-dealkylation sites (tertiary alicyclic amines) is 1. The van der Waals surface area contributed by atoms with Gasteiger partial charge in [-0.2, -0.15) is 0 Å². The van der Waals surface area contributed by atoms with Gasteiger partial charge < -0.3 is 9.88 Å². The van der Waals surface area contributed by atoms with Gasteiger partial charge in [-0.05, 0) is 48.3 Å². The van der Waals surface area contributed by atoms with Crippen molar-refractivity contribution in [2.24, 2.45) is 0 Å². The number of benzene rings is 1. The highest BCUT2D eigenvalue weighted by atomic mass is 32.1. The van der Waals surface area contributed by atoms with Crippen LogP contribution in [0.4, 0.5) is 0 Å². The van der Waals surface area contributed by atoms with E-state index in [0.29, 0.717) is 10.8 Å². The van der Waals surface area contributed by atoms with Gasteiger partial charge in [-0.25, -0.2) is 0 Å². The van der Waals surface area contributed by atoms with Crippen LogP contribution in [0.15, 0.2) is 30.3 Å². The molecule has 0 spiro atoms.